The predicted octanol–water partition coefficient (Wildman–Crippen LogP) is 2.46. The monoisotopic (exact) mass is 184 g/mol. The maximum Gasteiger partial charge on any atom is 0.168 e. The van der Waals surface area contributed by atoms with Crippen molar-refractivity contribution in [3.8, 4) is 0 Å². The van der Waals surface area contributed by atoms with E-state index in [-0.39, 0.29) is 5.78 Å². The van der Waals surface area contributed by atoms with Gasteiger partial charge in [-0.1, -0.05) is 32.9 Å². The van der Waals surface area contributed by atoms with Gasteiger partial charge < -0.3 is 5.11 Å². The van der Waals surface area contributed by atoms with Crippen molar-refractivity contribution in [2.75, 3.05) is 0 Å². The maximum absolute atomic E-state index is 11.6. The lowest BCUT2D eigenvalue weighted by Crippen LogP contribution is -2.37. The van der Waals surface area contributed by atoms with Gasteiger partial charge in [0.2, 0.25) is 0 Å². The number of rotatable bonds is 6. The van der Waals surface area contributed by atoms with E-state index in [9.17, 15) is 9.90 Å². The molecule has 0 aromatic heterocycles. The van der Waals surface area contributed by atoms with Gasteiger partial charge in [0.05, 0.1) is 0 Å². The third kappa shape index (κ3) is 3.31. The normalized spacial score (nSPS) is 11.4. The van der Waals surface area contributed by atoms with E-state index in [0.29, 0.717) is 19.3 Å². The van der Waals surface area contributed by atoms with Crippen LogP contribution in [-0.2, 0) is 4.79 Å². The van der Waals surface area contributed by atoms with Crippen LogP contribution in [0.25, 0.3) is 0 Å². The first-order valence-electron chi connectivity index (χ1n) is 4.92. The highest BCUT2D eigenvalue weighted by atomic mass is 16.3. The molecule has 0 atom stereocenters. The van der Waals surface area contributed by atoms with Gasteiger partial charge in [0, 0.05) is 6.42 Å². The molecule has 0 unspecified atom stereocenters. The van der Waals surface area contributed by atoms with Gasteiger partial charge in [0.15, 0.2) is 5.78 Å². The van der Waals surface area contributed by atoms with Gasteiger partial charge in [-0.3, -0.25) is 4.79 Å². The second-order valence-electron chi connectivity index (χ2n) is 3.44. The van der Waals surface area contributed by atoms with Gasteiger partial charge in [0.25, 0.3) is 0 Å². The first-order chi connectivity index (χ1) is 6.00. The van der Waals surface area contributed by atoms with Crippen LogP contribution in [0.3, 0.4) is 0 Å². The summed E-state index contributed by atoms with van der Waals surface area (Å²) in [7, 11) is 0. The topological polar surface area (TPSA) is 37.3 Å². The molecule has 0 aliphatic carbocycles. The number of hydrogen-bond acceptors (Lipinski definition) is 2. The van der Waals surface area contributed by atoms with E-state index in [0.717, 1.165) is 12.0 Å². The van der Waals surface area contributed by atoms with Crippen LogP contribution in [-0.4, -0.2) is 16.5 Å². The fraction of sp³-hybridized carbons (Fsp3) is 0.727. The highest BCUT2D eigenvalue weighted by molar-refractivity contribution is 5.88. The maximum atomic E-state index is 11.6. The molecule has 0 saturated carbocycles. The van der Waals surface area contributed by atoms with Crippen LogP contribution in [0.5, 0.6) is 0 Å². The summed E-state index contributed by atoms with van der Waals surface area (Å²) in [5.41, 5.74) is -0.233. The lowest BCUT2D eigenvalue weighted by molar-refractivity contribution is -0.137. The largest absolute Gasteiger partial charge is 0.382 e. The van der Waals surface area contributed by atoms with E-state index in [1.807, 2.05) is 20.8 Å². The van der Waals surface area contributed by atoms with Crippen LogP contribution < -0.4 is 0 Å². The second-order valence-corrected chi connectivity index (χ2v) is 3.44. The van der Waals surface area contributed by atoms with Crippen LogP contribution in [0.4, 0.5) is 0 Å². The molecule has 1 N–H and O–H groups in total. The summed E-state index contributed by atoms with van der Waals surface area (Å²) in [6, 6.07) is 0. The minimum Gasteiger partial charge on any atom is -0.382 e. The zero-order valence-corrected chi connectivity index (χ0v) is 8.89. The van der Waals surface area contributed by atoms with Gasteiger partial charge in [-0.15, -0.1) is 0 Å². The Morgan fingerprint density at radius 1 is 1.31 bits per heavy atom. The molecule has 0 saturated heterocycles. The zero-order chi connectivity index (χ0) is 10.5. The first-order valence-corrected chi connectivity index (χ1v) is 4.92. The Labute approximate surface area is 80.7 Å². The molecule has 0 bridgehead atoms. The first kappa shape index (κ1) is 12.4. The van der Waals surface area contributed by atoms with Crippen molar-refractivity contribution < 1.29 is 9.90 Å². The number of Topliss-reactive ketones (excluding diaryl/α,β-unsaturated/α-hetero) is 1. The van der Waals surface area contributed by atoms with Crippen molar-refractivity contribution in [1.29, 1.82) is 0 Å². The van der Waals surface area contributed by atoms with Crippen molar-refractivity contribution in [3.05, 3.63) is 12.2 Å². The quantitative estimate of drug-likeness (QED) is 0.644. The van der Waals surface area contributed by atoms with Crippen molar-refractivity contribution >= 4 is 5.78 Å². The fourth-order valence-electron chi connectivity index (χ4n) is 1.16. The Morgan fingerprint density at radius 3 is 2.08 bits per heavy atom. The molecule has 2 heteroatoms. The van der Waals surface area contributed by atoms with E-state index in [2.05, 4.69) is 6.58 Å². The molecular weight excluding hydrogens is 164 g/mol. The number of ketones is 1. The molecule has 76 valence electrons. The van der Waals surface area contributed by atoms with E-state index >= 15 is 0 Å². The lowest BCUT2D eigenvalue weighted by atomic mass is 9.88. The van der Waals surface area contributed by atoms with E-state index in [1.165, 1.54) is 0 Å². The Kier molecular flexibility index (Phi) is 4.92. The molecule has 0 aliphatic heterocycles. The molecule has 13 heavy (non-hydrogen) atoms. The van der Waals surface area contributed by atoms with Gasteiger partial charge in [-0.05, 0) is 19.3 Å². The third-order valence-electron chi connectivity index (χ3n) is 2.60. The molecule has 2 nitrogen and oxygen atoms in total. The Hall–Kier alpha value is -0.630. The summed E-state index contributed by atoms with van der Waals surface area (Å²) in [6.45, 7) is 9.39. The minimum atomic E-state index is -1.13. The molecule has 0 rings (SSSR count). The van der Waals surface area contributed by atoms with Crippen molar-refractivity contribution in [2.24, 2.45) is 0 Å². The molecule has 0 heterocycles. The fourth-order valence-corrected chi connectivity index (χ4v) is 1.16. The summed E-state index contributed by atoms with van der Waals surface area (Å²) in [5.74, 6) is -0.0932. The van der Waals surface area contributed by atoms with Crippen molar-refractivity contribution in [2.45, 2.75) is 52.1 Å². The molecule has 0 amide bonds. The lowest BCUT2D eigenvalue weighted by Gasteiger charge is -2.23. The minimum absolute atomic E-state index is 0.0932. The highest BCUT2D eigenvalue weighted by Crippen LogP contribution is 2.20. The molecule has 0 aliphatic rings. The number of hydrogen-bond donors (Lipinski definition) is 1. The molecule has 0 aromatic rings. The molecule has 0 radical (unpaired) electrons. The van der Waals surface area contributed by atoms with Gasteiger partial charge in [-0.2, -0.15) is 0 Å². The standard InChI is InChI=1S/C11H20O2/c1-5-9(4)8-10(12)11(13,6-2)7-3/h13H,4-8H2,1-3H3. The third-order valence-corrected chi connectivity index (χ3v) is 2.60. The molecular formula is C11H20O2. The van der Waals surface area contributed by atoms with Gasteiger partial charge >= 0.3 is 0 Å². The molecule has 0 fully saturated rings. The van der Waals surface area contributed by atoms with E-state index in [4.69, 9.17) is 0 Å². The Morgan fingerprint density at radius 2 is 1.77 bits per heavy atom. The zero-order valence-electron chi connectivity index (χ0n) is 8.89. The van der Waals surface area contributed by atoms with Crippen LogP contribution in [0.1, 0.15) is 46.5 Å². The van der Waals surface area contributed by atoms with Crippen LogP contribution in [0.2, 0.25) is 0 Å². The molecule has 0 aromatic carbocycles. The summed E-state index contributed by atoms with van der Waals surface area (Å²) in [6.07, 6.45) is 2.09. The van der Waals surface area contributed by atoms with Crippen LogP contribution in [0.15, 0.2) is 12.2 Å². The SMILES string of the molecule is C=C(CC)CC(=O)C(O)(CC)CC. The Bertz CT molecular complexity index is 190. The van der Waals surface area contributed by atoms with Gasteiger partial charge in [0.1, 0.15) is 5.60 Å². The van der Waals surface area contributed by atoms with Crippen molar-refractivity contribution in [1.82, 2.24) is 0 Å². The summed E-state index contributed by atoms with van der Waals surface area (Å²) in [5, 5.41) is 9.85. The summed E-state index contributed by atoms with van der Waals surface area (Å²) >= 11 is 0. The van der Waals surface area contributed by atoms with Crippen LogP contribution >= 0.6 is 0 Å². The second kappa shape index (κ2) is 5.18. The predicted molar refractivity (Wildman–Crippen MR) is 54.6 cm³/mol. The number of aliphatic hydroxyl groups is 1. The number of carbonyl (C=O) groups is 1. The smallest absolute Gasteiger partial charge is 0.168 e. The van der Waals surface area contributed by atoms with E-state index < -0.39 is 5.60 Å². The van der Waals surface area contributed by atoms with Gasteiger partial charge in [-0.25, -0.2) is 0 Å². The number of allylic oxidation sites excluding steroid dienone is 1. The van der Waals surface area contributed by atoms with Crippen LogP contribution in [0, 0.1) is 0 Å². The molecule has 0 spiro atoms. The average molecular weight is 184 g/mol. The summed E-state index contributed by atoms with van der Waals surface area (Å²) in [4.78, 5) is 11.6. The van der Waals surface area contributed by atoms with E-state index in [1.54, 1.807) is 0 Å². The van der Waals surface area contributed by atoms with Crippen molar-refractivity contribution in [3.63, 3.8) is 0 Å². The number of carbonyl (C=O) groups excluding carboxylic acids is 1. The highest BCUT2D eigenvalue weighted by Gasteiger charge is 2.30. The Balaban J connectivity index is 4.31. The summed E-state index contributed by atoms with van der Waals surface area (Å²) < 4.78 is 0. The average Bonchev–Trinajstić information content (AvgIpc) is 2.16.